The Bertz CT molecular complexity index is 1570. The van der Waals surface area contributed by atoms with Crippen LogP contribution in [0.15, 0.2) is 64.3 Å². The summed E-state index contributed by atoms with van der Waals surface area (Å²) in [7, 11) is 0. The summed E-state index contributed by atoms with van der Waals surface area (Å²) < 4.78 is 85.1. The molecule has 0 aliphatic rings. The molecule has 4 aromatic rings. The first-order valence-electron chi connectivity index (χ1n) is 11.2. The van der Waals surface area contributed by atoms with E-state index in [0.717, 1.165) is 41.1 Å². The summed E-state index contributed by atoms with van der Waals surface area (Å²) in [5.41, 5.74) is -3.20. The Balaban J connectivity index is 1.88. The molecule has 200 valence electrons. The van der Waals surface area contributed by atoms with Gasteiger partial charge in [-0.2, -0.15) is 26.3 Å². The number of ether oxygens (including phenoxy) is 1. The number of hydrogen-bond acceptors (Lipinski definition) is 5. The van der Waals surface area contributed by atoms with Crippen molar-refractivity contribution >= 4 is 11.0 Å². The van der Waals surface area contributed by atoms with Gasteiger partial charge in [-0.05, 0) is 42.3 Å². The molecule has 0 unspecified atom stereocenters. The van der Waals surface area contributed by atoms with Crippen molar-refractivity contribution in [3.8, 4) is 11.5 Å². The number of nitrogens with one attached hydrogen (secondary N) is 1. The molecule has 2 aromatic heterocycles. The second kappa shape index (κ2) is 10.3. The quantitative estimate of drug-likeness (QED) is 0.326. The van der Waals surface area contributed by atoms with E-state index in [4.69, 9.17) is 9.84 Å². The molecular weight excluding hydrogens is 520 g/mol. The Labute approximate surface area is 210 Å². The molecule has 0 atom stereocenters. The van der Waals surface area contributed by atoms with Crippen LogP contribution >= 0.6 is 0 Å². The predicted octanol–water partition coefficient (Wildman–Crippen LogP) is 4.89. The molecule has 38 heavy (non-hydrogen) atoms. The summed E-state index contributed by atoms with van der Waals surface area (Å²) in [6.07, 6.45) is -8.21. The van der Waals surface area contributed by atoms with Gasteiger partial charge in [0.05, 0.1) is 22.7 Å². The third-order valence-corrected chi connectivity index (χ3v) is 5.67. The van der Waals surface area contributed by atoms with Crippen LogP contribution in [0.25, 0.3) is 11.0 Å². The molecule has 2 N–H and O–H groups in total. The Morgan fingerprint density at radius 1 is 0.947 bits per heavy atom. The van der Waals surface area contributed by atoms with Crippen molar-refractivity contribution in [2.24, 2.45) is 0 Å². The number of rotatable bonds is 7. The van der Waals surface area contributed by atoms with E-state index in [-0.39, 0.29) is 54.1 Å². The SMILES string of the molecule is O=c1[nH]c2ncc(Oc3cccc(C(F)(F)F)c3)c(Cc3ccc(C(F)(F)F)cc3)c2c(=O)n1CCCO. The first-order valence-corrected chi connectivity index (χ1v) is 11.2. The van der Waals surface area contributed by atoms with Gasteiger partial charge in [-0.1, -0.05) is 18.2 Å². The zero-order valence-electron chi connectivity index (χ0n) is 19.4. The van der Waals surface area contributed by atoms with Gasteiger partial charge in [-0.3, -0.25) is 14.3 Å². The summed E-state index contributed by atoms with van der Waals surface area (Å²) in [4.78, 5) is 32.2. The zero-order chi connectivity index (χ0) is 27.7. The Kier molecular flexibility index (Phi) is 7.31. The second-order valence-corrected chi connectivity index (χ2v) is 8.29. The van der Waals surface area contributed by atoms with Gasteiger partial charge < -0.3 is 9.84 Å². The van der Waals surface area contributed by atoms with Crippen LogP contribution in [0.4, 0.5) is 26.3 Å². The fourth-order valence-corrected chi connectivity index (χ4v) is 3.83. The zero-order valence-corrected chi connectivity index (χ0v) is 19.4. The van der Waals surface area contributed by atoms with Crippen LogP contribution in [0.1, 0.15) is 28.7 Å². The molecule has 2 heterocycles. The maximum atomic E-state index is 13.3. The number of fused-ring (bicyclic) bond motifs is 1. The maximum Gasteiger partial charge on any atom is 0.416 e. The summed E-state index contributed by atoms with van der Waals surface area (Å²) >= 11 is 0. The highest BCUT2D eigenvalue weighted by Crippen LogP contribution is 2.35. The molecule has 0 amide bonds. The third kappa shape index (κ3) is 5.72. The fourth-order valence-electron chi connectivity index (χ4n) is 3.83. The van der Waals surface area contributed by atoms with Gasteiger partial charge in [0.1, 0.15) is 17.1 Å². The van der Waals surface area contributed by atoms with E-state index in [9.17, 15) is 35.9 Å². The van der Waals surface area contributed by atoms with Gasteiger partial charge in [0.2, 0.25) is 0 Å². The third-order valence-electron chi connectivity index (χ3n) is 5.67. The predicted molar refractivity (Wildman–Crippen MR) is 124 cm³/mol. The molecule has 0 saturated heterocycles. The van der Waals surface area contributed by atoms with E-state index in [1.165, 1.54) is 18.2 Å². The first kappa shape index (κ1) is 26.9. The number of benzene rings is 2. The lowest BCUT2D eigenvalue weighted by Gasteiger charge is -2.16. The minimum Gasteiger partial charge on any atom is -0.455 e. The molecule has 0 aliphatic heterocycles. The second-order valence-electron chi connectivity index (χ2n) is 8.29. The van der Waals surface area contributed by atoms with Crippen LogP contribution in [-0.2, 0) is 25.3 Å². The molecule has 0 spiro atoms. The van der Waals surface area contributed by atoms with Crippen LogP contribution in [-0.4, -0.2) is 26.2 Å². The van der Waals surface area contributed by atoms with Gasteiger partial charge in [0.15, 0.2) is 0 Å². The molecule has 0 fully saturated rings. The van der Waals surface area contributed by atoms with Crippen molar-refractivity contribution in [3.05, 3.63) is 97.8 Å². The Morgan fingerprint density at radius 2 is 1.63 bits per heavy atom. The number of halogens is 6. The summed E-state index contributed by atoms with van der Waals surface area (Å²) in [6.45, 7) is -0.446. The monoisotopic (exact) mass is 539 g/mol. The average Bonchev–Trinajstić information content (AvgIpc) is 2.84. The number of aliphatic hydroxyl groups excluding tert-OH is 1. The molecule has 0 saturated carbocycles. The van der Waals surface area contributed by atoms with E-state index in [1.807, 2.05) is 0 Å². The molecule has 7 nitrogen and oxygen atoms in total. The van der Waals surface area contributed by atoms with Crippen LogP contribution in [0.2, 0.25) is 0 Å². The largest absolute Gasteiger partial charge is 0.455 e. The lowest BCUT2D eigenvalue weighted by Crippen LogP contribution is -2.36. The topological polar surface area (TPSA) is 97.2 Å². The highest BCUT2D eigenvalue weighted by Gasteiger charge is 2.31. The van der Waals surface area contributed by atoms with E-state index in [1.54, 1.807) is 0 Å². The number of alkyl halides is 6. The van der Waals surface area contributed by atoms with Crippen LogP contribution in [0.5, 0.6) is 11.5 Å². The standard InChI is InChI=1S/C25H19F6N3O4/c26-24(27,28)15-7-5-14(6-8-15)11-18-19(38-17-4-1-3-16(12-17)25(29,30)31)13-32-21-20(18)22(36)34(9-2-10-35)23(37)33-21/h1,3-8,12-13,35H,2,9-11H2,(H,32,33,37). The van der Waals surface area contributed by atoms with Gasteiger partial charge in [-0.25, -0.2) is 9.78 Å². The van der Waals surface area contributed by atoms with E-state index in [0.29, 0.717) is 5.56 Å². The lowest BCUT2D eigenvalue weighted by atomic mass is 10.0. The van der Waals surface area contributed by atoms with Gasteiger partial charge >= 0.3 is 18.0 Å². The molecule has 2 aromatic carbocycles. The van der Waals surface area contributed by atoms with Crippen molar-refractivity contribution in [1.29, 1.82) is 0 Å². The number of H-pyrrole nitrogens is 1. The lowest BCUT2D eigenvalue weighted by molar-refractivity contribution is -0.138. The van der Waals surface area contributed by atoms with Gasteiger partial charge in [0.25, 0.3) is 5.56 Å². The molecule has 0 radical (unpaired) electrons. The highest BCUT2D eigenvalue weighted by molar-refractivity contribution is 5.80. The van der Waals surface area contributed by atoms with Crippen LogP contribution < -0.4 is 16.0 Å². The minimum atomic E-state index is -4.65. The van der Waals surface area contributed by atoms with E-state index in [2.05, 4.69) is 9.97 Å². The molecule has 4 rings (SSSR count). The van der Waals surface area contributed by atoms with Crippen molar-refractivity contribution in [2.45, 2.75) is 31.7 Å². The fraction of sp³-hybridized carbons (Fsp3) is 0.240. The Morgan fingerprint density at radius 3 is 2.26 bits per heavy atom. The number of nitrogens with zero attached hydrogens (tertiary/aromatic N) is 2. The molecule has 0 aliphatic carbocycles. The smallest absolute Gasteiger partial charge is 0.416 e. The van der Waals surface area contributed by atoms with Gasteiger partial charge in [-0.15, -0.1) is 0 Å². The first-order chi connectivity index (χ1) is 17.9. The number of aromatic amines is 1. The van der Waals surface area contributed by atoms with Crippen molar-refractivity contribution < 1.29 is 36.2 Å². The normalized spacial score (nSPS) is 12.2. The molecule has 0 bridgehead atoms. The summed E-state index contributed by atoms with van der Waals surface area (Å²) in [6, 6.07) is 8.08. The van der Waals surface area contributed by atoms with Gasteiger partial charge in [0, 0.05) is 25.1 Å². The van der Waals surface area contributed by atoms with Crippen molar-refractivity contribution in [2.75, 3.05) is 6.61 Å². The highest BCUT2D eigenvalue weighted by atomic mass is 19.4. The summed E-state index contributed by atoms with van der Waals surface area (Å²) in [5, 5.41) is 8.99. The van der Waals surface area contributed by atoms with Crippen molar-refractivity contribution in [1.82, 2.24) is 14.5 Å². The Hall–Kier alpha value is -4.13. The van der Waals surface area contributed by atoms with Crippen molar-refractivity contribution in [3.63, 3.8) is 0 Å². The molecular formula is C25H19F6N3O4. The van der Waals surface area contributed by atoms with E-state index >= 15 is 0 Å². The number of pyridine rings is 1. The average molecular weight is 539 g/mol. The minimum absolute atomic E-state index is 0.0799. The number of hydrogen-bond donors (Lipinski definition) is 2. The van der Waals surface area contributed by atoms with Crippen LogP contribution in [0, 0.1) is 0 Å². The number of aromatic nitrogens is 3. The number of aliphatic hydroxyl groups is 1. The molecule has 13 heteroatoms. The maximum absolute atomic E-state index is 13.3. The summed E-state index contributed by atoms with van der Waals surface area (Å²) in [5.74, 6) is -0.353. The van der Waals surface area contributed by atoms with Crippen LogP contribution in [0.3, 0.4) is 0 Å². The van der Waals surface area contributed by atoms with E-state index < -0.39 is 34.7 Å².